The lowest BCUT2D eigenvalue weighted by Gasteiger charge is -2.11. The monoisotopic (exact) mass is 198 g/mol. The molecule has 0 saturated carbocycles. The first-order valence-electron chi connectivity index (χ1n) is 5.74. The zero-order valence-electron chi connectivity index (χ0n) is 9.75. The van der Waals surface area contributed by atoms with E-state index in [1.165, 1.54) is 21.9 Å². The molecule has 0 aromatic heterocycles. The van der Waals surface area contributed by atoms with Crippen molar-refractivity contribution in [1.29, 1.82) is 0 Å². The minimum absolute atomic E-state index is 0.611. The van der Waals surface area contributed by atoms with E-state index in [9.17, 15) is 0 Å². The Morgan fingerprint density at radius 3 is 2.47 bits per heavy atom. The number of hydrogen-bond donors (Lipinski definition) is 0. The third-order valence-electron chi connectivity index (χ3n) is 3.02. The maximum absolute atomic E-state index is 2.35. The van der Waals surface area contributed by atoms with Crippen LogP contribution in [0.5, 0.6) is 0 Å². The van der Waals surface area contributed by atoms with Crippen LogP contribution in [0.1, 0.15) is 37.8 Å². The molecule has 2 aromatic carbocycles. The molecule has 0 heterocycles. The summed E-state index contributed by atoms with van der Waals surface area (Å²) in [6.07, 6.45) is 1.11. The summed E-state index contributed by atoms with van der Waals surface area (Å²) in [6, 6.07) is 13.3. The number of fused-ring (bicyclic) bond motifs is 1. The van der Waals surface area contributed by atoms with Gasteiger partial charge >= 0.3 is 0 Å². The van der Waals surface area contributed by atoms with E-state index in [2.05, 4.69) is 57.2 Å². The fourth-order valence-corrected chi connectivity index (χ4v) is 2.04. The van der Waals surface area contributed by atoms with Crippen molar-refractivity contribution in [3.8, 4) is 0 Å². The van der Waals surface area contributed by atoms with Crippen LogP contribution in [-0.2, 0) is 6.42 Å². The summed E-state index contributed by atoms with van der Waals surface area (Å²) in [4.78, 5) is 0. The molecule has 0 spiro atoms. The van der Waals surface area contributed by atoms with Crippen LogP contribution >= 0.6 is 0 Å². The summed E-state index contributed by atoms with van der Waals surface area (Å²) in [5.41, 5.74) is 2.92. The standard InChI is InChI=1S/C15H18/c1-4-12-9-14(11(2)3)10-13-7-5-6-8-15(12)13/h5-11H,4H2,1-3H3. The van der Waals surface area contributed by atoms with Crippen LogP contribution in [0.4, 0.5) is 0 Å². The molecule has 0 aliphatic carbocycles. The molecule has 0 fully saturated rings. The fourth-order valence-electron chi connectivity index (χ4n) is 2.04. The number of hydrogen-bond acceptors (Lipinski definition) is 0. The van der Waals surface area contributed by atoms with Gasteiger partial charge in [-0.1, -0.05) is 57.2 Å². The molecule has 0 N–H and O–H groups in total. The van der Waals surface area contributed by atoms with Gasteiger partial charge in [-0.2, -0.15) is 0 Å². The summed E-state index contributed by atoms with van der Waals surface area (Å²) in [7, 11) is 0. The highest BCUT2D eigenvalue weighted by Gasteiger charge is 2.04. The first-order valence-corrected chi connectivity index (χ1v) is 5.74. The van der Waals surface area contributed by atoms with Crippen LogP contribution in [-0.4, -0.2) is 0 Å². The largest absolute Gasteiger partial charge is 0.0616 e. The maximum Gasteiger partial charge on any atom is -0.0152 e. The zero-order valence-corrected chi connectivity index (χ0v) is 9.75. The number of rotatable bonds is 2. The van der Waals surface area contributed by atoms with Crippen molar-refractivity contribution in [1.82, 2.24) is 0 Å². The zero-order chi connectivity index (χ0) is 10.8. The summed E-state index contributed by atoms with van der Waals surface area (Å²) in [6.45, 7) is 6.74. The summed E-state index contributed by atoms with van der Waals surface area (Å²) < 4.78 is 0. The average molecular weight is 198 g/mol. The van der Waals surface area contributed by atoms with Crippen molar-refractivity contribution in [2.45, 2.75) is 33.1 Å². The smallest absolute Gasteiger partial charge is 0.0152 e. The summed E-state index contributed by atoms with van der Waals surface area (Å²) >= 11 is 0. The third-order valence-corrected chi connectivity index (χ3v) is 3.02. The molecule has 0 heteroatoms. The molecule has 0 radical (unpaired) electrons. The molecule has 0 amide bonds. The van der Waals surface area contributed by atoms with Gasteiger partial charge < -0.3 is 0 Å². The van der Waals surface area contributed by atoms with Crippen molar-refractivity contribution < 1.29 is 0 Å². The van der Waals surface area contributed by atoms with Crippen molar-refractivity contribution >= 4 is 10.8 Å². The van der Waals surface area contributed by atoms with E-state index in [1.54, 1.807) is 0 Å². The van der Waals surface area contributed by atoms with Crippen molar-refractivity contribution in [3.63, 3.8) is 0 Å². The normalized spacial score (nSPS) is 11.2. The lowest BCUT2D eigenvalue weighted by Crippen LogP contribution is -1.91. The van der Waals surface area contributed by atoms with E-state index in [0.29, 0.717) is 5.92 Å². The quantitative estimate of drug-likeness (QED) is 0.665. The van der Waals surface area contributed by atoms with Crippen LogP contribution in [0, 0.1) is 0 Å². The molecule has 0 nitrogen and oxygen atoms in total. The Hall–Kier alpha value is -1.30. The predicted octanol–water partition coefficient (Wildman–Crippen LogP) is 4.53. The van der Waals surface area contributed by atoms with Crippen LogP contribution in [0.2, 0.25) is 0 Å². The van der Waals surface area contributed by atoms with Gasteiger partial charge in [0.2, 0.25) is 0 Å². The van der Waals surface area contributed by atoms with E-state index in [-0.39, 0.29) is 0 Å². The second kappa shape index (κ2) is 4.06. The Morgan fingerprint density at radius 2 is 1.80 bits per heavy atom. The molecule has 0 atom stereocenters. The molecule has 0 aliphatic heterocycles. The topological polar surface area (TPSA) is 0 Å². The van der Waals surface area contributed by atoms with Gasteiger partial charge in [0.25, 0.3) is 0 Å². The highest BCUT2D eigenvalue weighted by atomic mass is 14.1. The molecule has 15 heavy (non-hydrogen) atoms. The van der Waals surface area contributed by atoms with Gasteiger partial charge in [0.1, 0.15) is 0 Å². The van der Waals surface area contributed by atoms with Gasteiger partial charge in [-0.3, -0.25) is 0 Å². The highest BCUT2D eigenvalue weighted by Crippen LogP contribution is 2.25. The SMILES string of the molecule is CCc1cc(C(C)C)cc2ccccc12. The van der Waals surface area contributed by atoms with Gasteiger partial charge in [-0.15, -0.1) is 0 Å². The van der Waals surface area contributed by atoms with Crippen LogP contribution in [0.3, 0.4) is 0 Å². The molecule has 0 aliphatic rings. The van der Waals surface area contributed by atoms with Gasteiger partial charge in [0, 0.05) is 0 Å². The Kier molecular flexibility index (Phi) is 2.77. The second-order valence-electron chi connectivity index (χ2n) is 4.41. The molecule has 78 valence electrons. The Bertz CT molecular complexity index is 466. The maximum atomic E-state index is 2.35. The third kappa shape index (κ3) is 1.90. The van der Waals surface area contributed by atoms with E-state index in [1.807, 2.05) is 0 Å². The van der Waals surface area contributed by atoms with Gasteiger partial charge in [-0.05, 0) is 34.2 Å². The van der Waals surface area contributed by atoms with Crippen LogP contribution in [0.25, 0.3) is 10.8 Å². The Balaban J connectivity index is 2.71. The van der Waals surface area contributed by atoms with E-state index >= 15 is 0 Å². The van der Waals surface area contributed by atoms with Crippen LogP contribution < -0.4 is 0 Å². The van der Waals surface area contributed by atoms with Crippen molar-refractivity contribution in [2.24, 2.45) is 0 Å². The van der Waals surface area contributed by atoms with Crippen molar-refractivity contribution in [2.75, 3.05) is 0 Å². The van der Waals surface area contributed by atoms with E-state index < -0.39 is 0 Å². The number of benzene rings is 2. The Morgan fingerprint density at radius 1 is 1.07 bits per heavy atom. The second-order valence-corrected chi connectivity index (χ2v) is 4.41. The van der Waals surface area contributed by atoms with E-state index in [0.717, 1.165) is 6.42 Å². The lowest BCUT2D eigenvalue weighted by atomic mass is 9.94. The molecular formula is C15H18. The molecule has 0 saturated heterocycles. The summed E-state index contributed by atoms with van der Waals surface area (Å²) in [5.74, 6) is 0.611. The molecular weight excluding hydrogens is 180 g/mol. The van der Waals surface area contributed by atoms with Gasteiger partial charge in [0.15, 0.2) is 0 Å². The van der Waals surface area contributed by atoms with Crippen molar-refractivity contribution in [3.05, 3.63) is 47.5 Å². The lowest BCUT2D eigenvalue weighted by molar-refractivity contribution is 0.865. The summed E-state index contributed by atoms with van der Waals surface area (Å²) in [5, 5.41) is 2.78. The molecule has 2 aromatic rings. The minimum Gasteiger partial charge on any atom is -0.0616 e. The van der Waals surface area contributed by atoms with E-state index in [4.69, 9.17) is 0 Å². The first kappa shape index (κ1) is 10.2. The minimum atomic E-state index is 0.611. The average Bonchev–Trinajstić information content (AvgIpc) is 2.27. The molecule has 2 rings (SSSR count). The van der Waals surface area contributed by atoms with Gasteiger partial charge in [0.05, 0.1) is 0 Å². The Labute approximate surface area is 91.9 Å². The first-order chi connectivity index (χ1) is 7.22. The van der Waals surface area contributed by atoms with Crippen LogP contribution in [0.15, 0.2) is 36.4 Å². The highest BCUT2D eigenvalue weighted by molar-refractivity contribution is 5.86. The molecule has 0 bridgehead atoms. The predicted molar refractivity (Wildman–Crippen MR) is 67.4 cm³/mol. The number of aryl methyl sites for hydroxylation is 1. The van der Waals surface area contributed by atoms with Gasteiger partial charge in [-0.25, -0.2) is 0 Å². The fraction of sp³-hybridized carbons (Fsp3) is 0.333. The molecule has 0 unspecified atom stereocenters.